The number of hydrogen-bond donors (Lipinski definition) is 0. The van der Waals surface area contributed by atoms with E-state index in [9.17, 15) is 9.59 Å². The summed E-state index contributed by atoms with van der Waals surface area (Å²) >= 11 is 5.82. The molecular weight excluding hydrogens is 565 g/mol. The predicted molar refractivity (Wildman–Crippen MR) is 149 cm³/mol. The van der Waals surface area contributed by atoms with Crippen LogP contribution in [0.2, 0.25) is 0 Å². The maximum Gasteiger partial charge on any atom is 0.246 e. The zero-order valence-electron chi connectivity index (χ0n) is 20.1. The largest absolute Gasteiger partial charge is 0.339 e. The zero-order chi connectivity index (χ0) is 24.1. The van der Waals surface area contributed by atoms with Crippen molar-refractivity contribution >= 4 is 67.1 Å². The molecule has 1 aliphatic heterocycles. The van der Waals surface area contributed by atoms with Gasteiger partial charge in [0.05, 0.1) is 0 Å². The van der Waals surface area contributed by atoms with Crippen LogP contribution in [0.25, 0.3) is 0 Å². The number of likely N-dealkylation sites (N-methyl/N-ethyl adjacent to an activating group) is 1. The van der Waals surface area contributed by atoms with Crippen molar-refractivity contribution in [2.75, 3.05) is 38.6 Å². The molecule has 1 saturated heterocycles. The van der Waals surface area contributed by atoms with Crippen molar-refractivity contribution in [1.82, 2.24) is 9.80 Å². The number of hydrogen-bond acceptors (Lipinski definition) is 5. The van der Waals surface area contributed by atoms with E-state index in [4.69, 9.17) is 0 Å². The predicted octanol–water partition coefficient (Wildman–Crippen LogP) is 6.45. The minimum atomic E-state index is -0.0769. The van der Waals surface area contributed by atoms with Crippen LogP contribution in [-0.4, -0.2) is 55.3 Å². The average Bonchev–Trinajstić information content (AvgIpc) is 3.44. The van der Waals surface area contributed by atoms with Gasteiger partial charge in [-0.1, -0.05) is 42.5 Å². The zero-order valence-corrected chi connectivity index (χ0v) is 23.9. The molecule has 0 aromatic carbocycles. The lowest BCUT2D eigenvalue weighted by molar-refractivity contribution is -0.130. The third-order valence-corrected chi connectivity index (χ3v) is 9.45. The number of thiophene rings is 2. The molecule has 2 aromatic rings. The number of amides is 2. The number of carbonyl (C=O) groups is 2. The first-order valence-corrected chi connectivity index (χ1v) is 14.3. The summed E-state index contributed by atoms with van der Waals surface area (Å²) in [5.41, 5.74) is 0. The van der Waals surface area contributed by atoms with Gasteiger partial charge in [-0.3, -0.25) is 14.5 Å². The number of nitrogens with zero attached hydrogens (tertiary/aromatic N) is 3. The summed E-state index contributed by atoms with van der Waals surface area (Å²) in [4.78, 5) is 34.7. The van der Waals surface area contributed by atoms with Crippen molar-refractivity contribution in [2.24, 2.45) is 5.92 Å². The van der Waals surface area contributed by atoms with E-state index in [0.717, 1.165) is 16.5 Å². The summed E-state index contributed by atoms with van der Waals surface area (Å²) < 4.78 is 0.405. The second-order valence-corrected chi connectivity index (χ2v) is 13.1. The Morgan fingerprint density at radius 3 is 2.12 bits per heavy atom. The Bertz CT molecular complexity index is 926. The molecule has 5 nitrogen and oxygen atoms in total. The molecule has 3 rings (SSSR count). The smallest absolute Gasteiger partial charge is 0.246 e. The number of alkyl halides is 1. The van der Waals surface area contributed by atoms with E-state index in [2.05, 4.69) is 67.6 Å². The van der Waals surface area contributed by atoms with Crippen LogP contribution < -0.4 is 4.90 Å². The third-order valence-electron chi connectivity index (χ3n) is 5.73. The van der Waals surface area contributed by atoms with Crippen LogP contribution in [0.1, 0.15) is 53.2 Å². The van der Waals surface area contributed by atoms with Crippen LogP contribution in [-0.2, 0) is 9.59 Å². The summed E-state index contributed by atoms with van der Waals surface area (Å²) in [6.07, 6.45) is 4.96. The van der Waals surface area contributed by atoms with Gasteiger partial charge in [-0.2, -0.15) is 0 Å². The Morgan fingerprint density at radius 1 is 1.06 bits per heavy atom. The molecule has 1 atom stereocenters. The topological polar surface area (TPSA) is 43.9 Å². The van der Waals surface area contributed by atoms with Crippen molar-refractivity contribution in [1.29, 1.82) is 0 Å². The Hall–Kier alpha value is -1.23. The molecule has 33 heavy (non-hydrogen) atoms. The fourth-order valence-corrected chi connectivity index (χ4v) is 6.41. The highest BCUT2D eigenvalue weighted by molar-refractivity contribution is 14.1. The lowest BCUT2D eigenvalue weighted by Crippen LogP contribution is -2.42. The minimum absolute atomic E-state index is 0.0402. The number of rotatable bonds is 8. The van der Waals surface area contributed by atoms with Crippen molar-refractivity contribution < 1.29 is 9.59 Å². The first kappa shape index (κ1) is 26.4. The Labute approximate surface area is 219 Å². The van der Waals surface area contributed by atoms with E-state index in [1.54, 1.807) is 28.7 Å². The van der Waals surface area contributed by atoms with E-state index < -0.39 is 0 Å². The van der Waals surface area contributed by atoms with Crippen LogP contribution in [0.3, 0.4) is 0 Å². The number of halogens is 1. The fourth-order valence-electron chi connectivity index (χ4n) is 3.77. The fraction of sp³-hybridized carbons (Fsp3) is 0.520. The summed E-state index contributed by atoms with van der Waals surface area (Å²) in [6, 6.07) is 8.44. The van der Waals surface area contributed by atoms with Crippen molar-refractivity contribution in [3.63, 3.8) is 0 Å². The minimum Gasteiger partial charge on any atom is -0.339 e. The normalized spacial score (nSPS) is 16.2. The van der Waals surface area contributed by atoms with E-state index >= 15 is 0 Å². The highest BCUT2D eigenvalue weighted by Gasteiger charge is 2.32. The molecular formula is C25H34IN3O2S2. The van der Waals surface area contributed by atoms with Crippen molar-refractivity contribution in [2.45, 2.75) is 43.5 Å². The van der Waals surface area contributed by atoms with Crippen LogP contribution in [0.15, 0.2) is 36.4 Å². The molecule has 0 saturated carbocycles. The van der Waals surface area contributed by atoms with Crippen molar-refractivity contribution in [3.05, 3.63) is 46.2 Å². The van der Waals surface area contributed by atoms with E-state index in [0.29, 0.717) is 35.8 Å². The molecule has 2 amide bonds. The molecule has 1 aliphatic rings. The quantitative estimate of drug-likeness (QED) is 0.199. The Balaban J connectivity index is 1.75. The van der Waals surface area contributed by atoms with Crippen LogP contribution in [0, 0.1) is 5.92 Å². The van der Waals surface area contributed by atoms with Gasteiger partial charge in [-0.15, -0.1) is 22.7 Å². The van der Waals surface area contributed by atoms with Gasteiger partial charge in [0.25, 0.3) is 0 Å². The molecule has 0 N–H and O–H groups in total. The molecule has 8 heteroatoms. The molecule has 180 valence electrons. The SMILES string of the molecule is CC(C)c1ccc(N(C(=O)C2CCN(C(=O)/C=C/CN(C)C)CC2)c2ccc(C(C)I)s2)s1. The standard InChI is InChI=1S/C25H34IN3O2S2/c1-17(2)20-8-10-23(32-20)29(24-11-9-21(33-24)18(3)26)25(31)19-12-15-28(16-13-19)22(30)7-6-14-27(4)5/h6-11,17-19H,12-16H2,1-5H3/b7-6+. The lowest BCUT2D eigenvalue weighted by Gasteiger charge is -2.33. The van der Waals surface area contributed by atoms with Gasteiger partial charge in [-0.25, -0.2) is 0 Å². The van der Waals surface area contributed by atoms with Gasteiger partial charge in [0.2, 0.25) is 11.8 Å². The molecule has 0 spiro atoms. The molecule has 3 heterocycles. The molecule has 1 unspecified atom stereocenters. The highest BCUT2D eigenvalue weighted by atomic mass is 127. The summed E-state index contributed by atoms with van der Waals surface area (Å²) in [6.45, 7) is 8.53. The van der Waals surface area contributed by atoms with Gasteiger partial charge in [-0.05, 0) is 64.0 Å². The maximum absolute atomic E-state index is 13.8. The second kappa shape index (κ2) is 12.0. The van der Waals surface area contributed by atoms with Gasteiger partial charge < -0.3 is 9.80 Å². The first-order chi connectivity index (χ1) is 15.7. The molecule has 0 bridgehead atoms. The molecule has 0 aliphatic carbocycles. The van der Waals surface area contributed by atoms with Crippen LogP contribution in [0.4, 0.5) is 10.0 Å². The molecule has 1 fully saturated rings. The Morgan fingerprint density at radius 2 is 1.64 bits per heavy atom. The highest BCUT2D eigenvalue weighted by Crippen LogP contribution is 2.42. The van der Waals surface area contributed by atoms with Crippen LogP contribution >= 0.6 is 45.3 Å². The van der Waals surface area contributed by atoms with Gasteiger partial charge >= 0.3 is 0 Å². The number of piperidine rings is 1. The van der Waals surface area contributed by atoms with Crippen LogP contribution in [0.5, 0.6) is 0 Å². The van der Waals surface area contributed by atoms with Gasteiger partial charge in [0, 0.05) is 45.3 Å². The van der Waals surface area contributed by atoms with Gasteiger partial charge in [0.1, 0.15) is 10.0 Å². The van der Waals surface area contributed by atoms with Gasteiger partial charge in [0.15, 0.2) is 0 Å². The number of anilines is 2. The lowest BCUT2D eigenvalue weighted by atomic mass is 9.95. The first-order valence-electron chi connectivity index (χ1n) is 11.4. The summed E-state index contributed by atoms with van der Waals surface area (Å²) in [5, 5.41) is 1.98. The number of carbonyl (C=O) groups excluding carboxylic acids is 2. The van der Waals surface area contributed by atoms with Crippen molar-refractivity contribution in [3.8, 4) is 0 Å². The monoisotopic (exact) mass is 599 g/mol. The summed E-state index contributed by atoms with van der Waals surface area (Å²) in [5.74, 6) is 0.547. The van der Waals surface area contributed by atoms with E-state index in [1.165, 1.54) is 9.75 Å². The van der Waals surface area contributed by atoms with E-state index in [-0.39, 0.29) is 17.7 Å². The number of likely N-dealkylation sites (tertiary alicyclic amines) is 1. The molecule has 2 aromatic heterocycles. The summed E-state index contributed by atoms with van der Waals surface area (Å²) in [7, 11) is 3.96. The molecule has 0 radical (unpaired) electrons. The third kappa shape index (κ3) is 6.90. The Kier molecular flexibility index (Phi) is 9.55. The second-order valence-electron chi connectivity index (χ2n) is 9.06. The maximum atomic E-state index is 13.8. The average molecular weight is 600 g/mol. The van der Waals surface area contributed by atoms with E-state index in [1.807, 2.05) is 34.9 Å².